The molecule has 37 heavy (non-hydrogen) atoms. The zero-order valence-corrected chi connectivity index (χ0v) is 22.6. The van der Waals surface area contributed by atoms with Crippen LogP contribution in [-0.2, 0) is 11.3 Å². The Bertz CT molecular complexity index is 1150. The van der Waals surface area contributed by atoms with Crippen LogP contribution in [0.25, 0.3) is 22.2 Å². The van der Waals surface area contributed by atoms with Crippen molar-refractivity contribution in [1.82, 2.24) is 24.3 Å². The molecule has 1 saturated carbocycles. The molecule has 3 heterocycles. The van der Waals surface area contributed by atoms with Gasteiger partial charge in [-0.25, -0.2) is 4.98 Å². The number of nitrogens with zero attached hydrogens (tertiary/aromatic N) is 5. The highest BCUT2D eigenvalue weighted by molar-refractivity contribution is 5.94. The fraction of sp³-hybridized carbons (Fsp3) is 0.586. The predicted octanol–water partition coefficient (Wildman–Crippen LogP) is 4.16. The summed E-state index contributed by atoms with van der Waals surface area (Å²) in [6, 6.07) is 9.99. The molecule has 0 bridgehead atoms. The van der Waals surface area contributed by atoms with Crippen molar-refractivity contribution in [1.29, 1.82) is 0 Å². The van der Waals surface area contributed by atoms with E-state index in [0.717, 1.165) is 69.4 Å². The maximum Gasteiger partial charge on any atom is 0.224 e. The number of methoxy groups -OCH3 is 1. The van der Waals surface area contributed by atoms with Crippen LogP contribution in [0.2, 0.25) is 0 Å². The zero-order chi connectivity index (χ0) is 25.8. The van der Waals surface area contributed by atoms with E-state index in [2.05, 4.69) is 69.0 Å². The number of aliphatic hydroxyl groups excluding tert-OH is 1. The van der Waals surface area contributed by atoms with Crippen molar-refractivity contribution in [3.8, 4) is 11.1 Å². The minimum atomic E-state index is -0.181. The first-order valence-corrected chi connectivity index (χ1v) is 13.9. The van der Waals surface area contributed by atoms with E-state index in [9.17, 15) is 5.11 Å². The largest absolute Gasteiger partial charge is 0.393 e. The van der Waals surface area contributed by atoms with Gasteiger partial charge in [0, 0.05) is 81.8 Å². The highest BCUT2D eigenvalue weighted by atomic mass is 16.5. The molecule has 0 amide bonds. The van der Waals surface area contributed by atoms with Crippen LogP contribution in [0, 0.1) is 0 Å². The van der Waals surface area contributed by atoms with Crippen LogP contribution in [-0.4, -0.2) is 88.0 Å². The van der Waals surface area contributed by atoms with Crippen LogP contribution >= 0.6 is 0 Å². The van der Waals surface area contributed by atoms with Gasteiger partial charge in [0.1, 0.15) is 5.65 Å². The summed E-state index contributed by atoms with van der Waals surface area (Å²) in [4.78, 5) is 14.6. The average Bonchev–Trinajstić information content (AvgIpc) is 3.29. The van der Waals surface area contributed by atoms with Crippen LogP contribution in [0.5, 0.6) is 0 Å². The number of hydrogen-bond donors (Lipinski definition) is 2. The lowest BCUT2D eigenvalue weighted by atomic mass is 9.93. The average molecular weight is 507 g/mol. The second kappa shape index (κ2) is 11.9. The van der Waals surface area contributed by atoms with E-state index in [1.165, 1.54) is 16.7 Å². The van der Waals surface area contributed by atoms with E-state index in [0.29, 0.717) is 31.2 Å². The summed E-state index contributed by atoms with van der Waals surface area (Å²) in [6.45, 7) is 11.4. The fourth-order valence-electron chi connectivity index (χ4n) is 5.71. The lowest BCUT2D eigenvalue weighted by molar-refractivity contribution is 0.104. The van der Waals surface area contributed by atoms with E-state index in [-0.39, 0.29) is 6.10 Å². The first-order valence-electron chi connectivity index (χ1n) is 13.9. The number of nitrogens with one attached hydrogen (secondary N) is 1. The maximum atomic E-state index is 10.1. The molecule has 200 valence electrons. The lowest BCUT2D eigenvalue weighted by Gasteiger charge is -2.36. The first-order chi connectivity index (χ1) is 18.0. The standard InChI is InChI=1S/C29H42N6O2/c1-21(2)34-15-13-33(14-16-34)19-22-4-6-23(7-5-22)27-20-35(24-8-10-25(36)11-9-24)28-26(27)18-31-29(32-28)30-12-17-37-3/h4-7,18,20-21,24-25,36H,8-17,19H2,1-3H3,(H,30,31,32)/t24-,25-. The molecule has 0 spiro atoms. The van der Waals surface area contributed by atoms with E-state index in [1.807, 2.05) is 6.20 Å². The summed E-state index contributed by atoms with van der Waals surface area (Å²) < 4.78 is 7.48. The van der Waals surface area contributed by atoms with Crippen molar-refractivity contribution < 1.29 is 9.84 Å². The molecule has 1 aliphatic carbocycles. The van der Waals surface area contributed by atoms with Gasteiger partial charge < -0.3 is 19.7 Å². The van der Waals surface area contributed by atoms with Crippen LogP contribution in [0.4, 0.5) is 5.95 Å². The molecular formula is C29H42N6O2. The molecule has 8 nitrogen and oxygen atoms in total. The number of rotatable bonds is 9. The minimum absolute atomic E-state index is 0.181. The van der Waals surface area contributed by atoms with Gasteiger partial charge in [0.2, 0.25) is 5.95 Å². The Labute approximate surface area is 220 Å². The van der Waals surface area contributed by atoms with E-state index < -0.39 is 0 Å². The molecule has 1 aliphatic heterocycles. The molecule has 0 unspecified atom stereocenters. The third-order valence-electron chi connectivity index (χ3n) is 8.03. The van der Waals surface area contributed by atoms with Crippen LogP contribution < -0.4 is 5.32 Å². The Hall–Kier alpha value is -2.52. The van der Waals surface area contributed by atoms with E-state index >= 15 is 0 Å². The number of piperazine rings is 1. The summed E-state index contributed by atoms with van der Waals surface area (Å²) in [6.07, 6.45) is 7.62. The normalized spacial score (nSPS) is 21.6. The molecule has 2 aliphatic rings. The fourth-order valence-corrected chi connectivity index (χ4v) is 5.71. The highest BCUT2D eigenvalue weighted by Crippen LogP contribution is 2.36. The van der Waals surface area contributed by atoms with Gasteiger partial charge in [0.15, 0.2) is 0 Å². The Morgan fingerprint density at radius 1 is 1.05 bits per heavy atom. The lowest BCUT2D eigenvalue weighted by Crippen LogP contribution is -2.48. The van der Waals surface area contributed by atoms with Gasteiger partial charge in [-0.1, -0.05) is 24.3 Å². The molecule has 5 rings (SSSR count). The number of hydrogen-bond acceptors (Lipinski definition) is 7. The van der Waals surface area contributed by atoms with Crippen molar-refractivity contribution in [3.05, 3.63) is 42.2 Å². The van der Waals surface area contributed by atoms with Crippen molar-refractivity contribution >= 4 is 17.0 Å². The van der Waals surface area contributed by atoms with E-state index in [4.69, 9.17) is 9.72 Å². The zero-order valence-electron chi connectivity index (χ0n) is 22.6. The summed E-state index contributed by atoms with van der Waals surface area (Å²) in [5.41, 5.74) is 4.67. The first kappa shape index (κ1) is 26.1. The SMILES string of the molecule is COCCNc1ncc2c(-c3ccc(CN4CCN(C(C)C)CC4)cc3)cn([C@H]3CC[C@H](O)CC3)c2n1. The van der Waals surface area contributed by atoms with Crippen LogP contribution in [0.15, 0.2) is 36.7 Å². The summed E-state index contributed by atoms with van der Waals surface area (Å²) in [5, 5.41) is 14.4. The summed E-state index contributed by atoms with van der Waals surface area (Å²) >= 11 is 0. The molecule has 0 radical (unpaired) electrons. The third-order valence-corrected chi connectivity index (χ3v) is 8.03. The van der Waals surface area contributed by atoms with Gasteiger partial charge in [0.05, 0.1) is 12.7 Å². The molecule has 8 heteroatoms. The van der Waals surface area contributed by atoms with Crippen molar-refractivity contribution in [2.45, 2.75) is 64.3 Å². The number of fused-ring (bicyclic) bond motifs is 1. The number of aromatic nitrogens is 3. The predicted molar refractivity (Wildman–Crippen MR) is 149 cm³/mol. The van der Waals surface area contributed by atoms with Gasteiger partial charge in [-0.3, -0.25) is 9.80 Å². The van der Waals surface area contributed by atoms with Crippen LogP contribution in [0.3, 0.4) is 0 Å². The minimum Gasteiger partial charge on any atom is -0.393 e. The molecular weight excluding hydrogens is 464 g/mol. The van der Waals surface area contributed by atoms with Gasteiger partial charge in [-0.15, -0.1) is 0 Å². The van der Waals surface area contributed by atoms with Crippen molar-refractivity contribution in [2.24, 2.45) is 0 Å². The van der Waals surface area contributed by atoms with Crippen LogP contribution in [0.1, 0.15) is 51.1 Å². The molecule has 1 saturated heterocycles. The number of ether oxygens (including phenoxy) is 1. The second-order valence-corrected chi connectivity index (χ2v) is 10.9. The Morgan fingerprint density at radius 2 is 1.78 bits per heavy atom. The quantitative estimate of drug-likeness (QED) is 0.422. The maximum absolute atomic E-state index is 10.1. The monoisotopic (exact) mass is 506 g/mol. The van der Waals surface area contributed by atoms with Gasteiger partial charge in [-0.2, -0.15) is 4.98 Å². The topological polar surface area (TPSA) is 78.7 Å². The molecule has 2 N–H and O–H groups in total. The molecule has 3 aromatic rings. The molecule has 1 aromatic carbocycles. The Morgan fingerprint density at radius 3 is 2.46 bits per heavy atom. The van der Waals surface area contributed by atoms with Crippen molar-refractivity contribution in [2.75, 3.05) is 51.8 Å². The van der Waals surface area contributed by atoms with E-state index in [1.54, 1.807) is 7.11 Å². The Kier molecular flexibility index (Phi) is 8.39. The Balaban J connectivity index is 1.37. The summed E-state index contributed by atoms with van der Waals surface area (Å²) in [5.74, 6) is 0.624. The van der Waals surface area contributed by atoms with Gasteiger partial charge >= 0.3 is 0 Å². The number of benzene rings is 1. The third kappa shape index (κ3) is 6.14. The number of aliphatic hydroxyl groups is 1. The molecule has 2 fully saturated rings. The second-order valence-electron chi connectivity index (χ2n) is 10.9. The smallest absolute Gasteiger partial charge is 0.224 e. The highest BCUT2D eigenvalue weighted by Gasteiger charge is 2.24. The van der Waals surface area contributed by atoms with Crippen molar-refractivity contribution in [3.63, 3.8) is 0 Å². The van der Waals surface area contributed by atoms with Gasteiger partial charge in [-0.05, 0) is 50.7 Å². The summed E-state index contributed by atoms with van der Waals surface area (Å²) in [7, 11) is 1.69. The molecule has 2 aromatic heterocycles. The number of anilines is 1. The van der Waals surface area contributed by atoms with Gasteiger partial charge in [0.25, 0.3) is 0 Å². The molecule has 0 atom stereocenters.